The molecule has 1 aromatic carbocycles. The maximum absolute atomic E-state index is 11.4. The first-order valence-electron chi connectivity index (χ1n) is 6.57. The maximum Gasteiger partial charge on any atom is 0.338 e. The van der Waals surface area contributed by atoms with Crippen molar-refractivity contribution >= 4 is 22.7 Å². The van der Waals surface area contributed by atoms with E-state index in [2.05, 4.69) is 15.0 Å². The van der Waals surface area contributed by atoms with Gasteiger partial charge in [0.05, 0.1) is 16.6 Å². The third-order valence-corrected chi connectivity index (χ3v) is 3.31. The number of fused-ring (bicyclic) bond motifs is 1. The number of carboxylic acid groups (broad SMARTS) is 1. The summed E-state index contributed by atoms with van der Waals surface area (Å²) in [5, 5.41) is 9.84. The van der Waals surface area contributed by atoms with Crippen LogP contribution < -0.4 is 5.73 Å². The number of benzene rings is 1. The van der Waals surface area contributed by atoms with Crippen LogP contribution in [0.15, 0.2) is 30.5 Å². The van der Waals surface area contributed by atoms with Crippen LogP contribution in [-0.4, -0.2) is 26.0 Å². The zero-order valence-electron chi connectivity index (χ0n) is 11.4. The monoisotopic (exact) mass is 282 g/mol. The van der Waals surface area contributed by atoms with E-state index in [1.807, 2.05) is 19.1 Å². The molecule has 3 rings (SSSR count). The third-order valence-electron chi connectivity index (χ3n) is 3.31. The molecular weight excluding hydrogens is 268 g/mol. The molecule has 106 valence electrons. The number of rotatable bonds is 3. The fraction of sp³-hybridized carbons (Fsp3) is 0.133. The summed E-state index contributed by atoms with van der Waals surface area (Å²) in [6.07, 6.45) is 2.11. The van der Waals surface area contributed by atoms with Gasteiger partial charge in [-0.3, -0.25) is 0 Å². The van der Waals surface area contributed by atoms with Gasteiger partial charge in [0.15, 0.2) is 0 Å². The number of H-pyrrole nitrogens is 1. The predicted octanol–water partition coefficient (Wildman–Crippen LogP) is 2.47. The summed E-state index contributed by atoms with van der Waals surface area (Å²) in [5.74, 6) is -0.348. The van der Waals surface area contributed by atoms with Crippen LogP contribution in [0, 0.1) is 0 Å². The molecule has 3 aromatic rings. The molecule has 2 heterocycles. The molecule has 0 radical (unpaired) electrons. The lowest BCUT2D eigenvalue weighted by Gasteiger charge is -2.06. The number of nitrogens with zero attached hydrogens (tertiary/aromatic N) is 2. The second-order valence-corrected chi connectivity index (χ2v) is 4.70. The van der Waals surface area contributed by atoms with Crippen LogP contribution in [0.4, 0.5) is 5.69 Å². The maximum atomic E-state index is 11.4. The van der Waals surface area contributed by atoms with Gasteiger partial charge in [-0.15, -0.1) is 0 Å². The van der Waals surface area contributed by atoms with Crippen molar-refractivity contribution in [1.82, 2.24) is 15.0 Å². The fourth-order valence-electron chi connectivity index (χ4n) is 2.26. The summed E-state index contributed by atoms with van der Waals surface area (Å²) in [5.41, 5.74) is 8.46. The van der Waals surface area contributed by atoms with Crippen LogP contribution in [-0.2, 0) is 6.42 Å². The normalized spacial score (nSPS) is 10.9. The molecule has 6 nitrogen and oxygen atoms in total. The molecule has 0 aliphatic rings. The summed E-state index contributed by atoms with van der Waals surface area (Å²) in [4.78, 5) is 23.1. The molecule has 0 unspecified atom stereocenters. The van der Waals surface area contributed by atoms with E-state index in [0.717, 1.165) is 5.56 Å². The molecule has 21 heavy (non-hydrogen) atoms. The number of nitrogen functional groups attached to an aromatic ring is 1. The van der Waals surface area contributed by atoms with Crippen molar-refractivity contribution in [1.29, 1.82) is 0 Å². The van der Waals surface area contributed by atoms with Crippen molar-refractivity contribution in [2.75, 3.05) is 5.73 Å². The molecule has 0 fully saturated rings. The topological polar surface area (TPSA) is 105 Å². The van der Waals surface area contributed by atoms with Gasteiger partial charge in [0.1, 0.15) is 11.5 Å². The number of aromatic amines is 1. The van der Waals surface area contributed by atoms with Crippen molar-refractivity contribution in [3.05, 3.63) is 41.9 Å². The van der Waals surface area contributed by atoms with Gasteiger partial charge in [-0.25, -0.2) is 14.8 Å². The number of aromatic nitrogens is 3. The summed E-state index contributed by atoms with van der Waals surface area (Å²) in [6, 6.07) is 7.19. The summed E-state index contributed by atoms with van der Waals surface area (Å²) in [6.45, 7) is 1.95. The van der Waals surface area contributed by atoms with E-state index in [9.17, 15) is 9.90 Å². The van der Waals surface area contributed by atoms with Crippen LogP contribution in [0.25, 0.3) is 22.3 Å². The molecule has 0 aliphatic carbocycles. The van der Waals surface area contributed by atoms with Crippen molar-refractivity contribution in [3.8, 4) is 11.3 Å². The van der Waals surface area contributed by atoms with E-state index in [1.54, 1.807) is 12.1 Å². The molecule has 2 aromatic heterocycles. The highest BCUT2D eigenvalue weighted by Crippen LogP contribution is 2.29. The number of nitrogens with two attached hydrogens (primary N) is 1. The molecule has 0 bridgehead atoms. The second kappa shape index (κ2) is 4.90. The Morgan fingerprint density at radius 1 is 1.29 bits per heavy atom. The van der Waals surface area contributed by atoms with Gasteiger partial charge in [-0.1, -0.05) is 19.1 Å². The Hall–Kier alpha value is -2.89. The lowest BCUT2D eigenvalue weighted by atomic mass is 10.1. The van der Waals surface area contributed by atoms with Crippen LogP contribution in [0.1, 0.15) is 23.1 Å². The number of anilines is 1. The third kappa shape index (κ3) is 2.20. The van der Waals surface area contributed by atoms with Gasteiger partial charge in [0.2, 0.25) is 0 Å². The van der Waals surface area contributed by atoms with Crippen LogP contribution in [0.3, 0.4) is 0 Å². The molecule has 0 aliphatic heterocycles. The fourth-order valence-corrected chi connectivity index (χ4v) is 2.26. The SMILES string of the molecule is CCc1nc(-c2ccc(N)cc2)c2c(C(=O)O)c[nH]c2n1. The zero-order chi connectivity index (χ0) is 15.0. The number of hydrogen-bond acceptors (Lipinski definition) is 4. The van der Waals surface area contributed by atoms with Gasteiger partial charge in [0, 0.05) is 23.9 Å². The van der Waals surface area contributed by atoms with Crippen LogP contribution in [0.2, 0.25) is 0 Å². The van der Waals surface area contributed by atoms with Crippen molar-refractivity contribution in [2.24, 2.45) is 0 Å². The standard InChI is InChI=1S/C15H14N4O2/c1-2-11-18-13(8-3-5-9(16)6-4-8)12-10(15(20)21)7-17-14(12)19-11/h3-7H,2,16H2,1H3,(H,20,21)(H,17,18,19). The minimum atomic E-state index is -1.01. The number of carboxylic acids is 1. The van der Waals surface area contributed by atoms with Crippen molar-refractivity contribution in [3.63, 3.8) is 0 Å². The van der Waals surface area contributed by atoms with E-state index in [-0.39, 0.29) is 5.56 Å². The van der Waals surface area contributed by atoms with Gasteiger partial charge < -0.3 is 15.8 Å². The minimum Gasteiger partial charge on any atom is -0.478 e. The highest BCUT2D eigenvalue weighted by atomic mass is 16.4. The minimum absolute atomic E-state index is 0.166. The van der Waals surface area contributed by atoms with E-state index in [0.29, 0.717) is 34.7 Å². The number of hydrogen-bond donors (Lipinski definition) is 3. The largest absolute Gasteiger partial charge is 0.478 e. The first-order valence-corrected chi connectivity index (χ1v) is 6.57. The molecule has 0 saturated heterocycles. The summed E-state index contributed by atoms with van der Waals surface area (Å²) in [7, 11) is 0. The first-order chi connectivity index (χ1) is 10.1. The van der Waals surface area contributed by atoms with Gasteiger partial charge in [-0.05, 0) is 12.1 Å². The Morgan fingerprint density at radius 3 is 2.62 bits per heavy atom. The molecule has 0 atom stereocenters. The van der Waals surface area contributed by atoms with Gasteiger partial charge >= 0.3 is 5.97 Å². The summed E-state index contributed by atoms with van der Waals surface area (Å²) >= 11 is 0. The molecule has 0 spiro atoms. The van der Waals surface area contributed by atoms with E-state index in [1.165, 1.54) is 6.20 Å². The number of aromatic carboxylic acids is 1. The molecule has 6 heteroatoms. The van der Waals surface area contributed by atoms with E-state index in [4.69, 9.17) is 5.73 Å². The van der Waals surface area contributed by atoms with E-state index < -0.39 is 5.97 Å². The average molecular weight is 282 g/mol. The predicted molar refractivity (Wildman–Crippen MR) is 80.1 cm³/mol. The average Bonchev–Trinajstić information content (AvgIpc) is 2.91. The molecule has 0 saturated carbocycles. The molecular formula is C15H14N4O2. The quantitative estimate of drug-likeness (QED) is 0.640. The number of carbonyl (C=O) groups is 1. The van der Waals surface area contributed by atoms with Gasteiger partial charge in [-0.2, -0.15) is 0 Å². The van der Waals surface area contributed by atoms with E-state index >= 15 is 0 Å². The lowest BCUT2D eigenvalue weighted by Crippen LogP contribution is -2.00. The van der Waals surface area contributed by atoms with Gasteiger partial charge in [0.25, 0.3) is 0 Å². The van der Waals surface area contributed by atoms with Crippen molar-refractivity contribution in [2.45, 2.75) is 13.3 Å². The second-order valence-electron chi connectivity index (χ2n) is 4.70. The van der Waals surface area contributed by atoms with Crippen LogP contribution in [0.5, 0.6) is 0 Å². The Bertz CT molecular complexity index is 822. The zero-order valence-corrected chi connectivity index (χ0v) is 11.4. The first kappa shape index (κ1) is 13.1. The highest BCUT2D eigenvalue weighted by molar-refractivity contribution is 6.07. The Labute approximate surface area is 120 Å². The number of nitrogens with one attached hydrogen (secondary N) is 1. The van der Waals surface area contributed by atoms with Crippen molar-refractivity contribution < 1.29 is 9.90 Å². The Morgan fingerprint density at radius 2 is 2.00 bits per heavy atom. The highest BCUT2D eigenvalue weighted by Gasteiger charge is 2.18. The lowest BCUT2D eigenvalue weighted by molar-refractivity contribution is 0.0699. The Balaban J connectivity index is 2.34. The molecule has 0 amide bonds. The molecule has 4 N–H and O–H groups in total. The Kier molecular flexibility index (Phi) is 3.06. The smallest absolute Gasteiger partial charge is 0.338 e. The number of aryl methyl sites for hydroxylation is 1. The summed E-state index contributed by atoms with van der Waals surface area (Å²) < 4.78 is 0. The van der Waals surface area contributed by atoms with Crippen LogP contribution >= 0.6 is 0 Å².